The average molecular weight is 278 g/mol. The Kier molecular flexibility index (Phi) is 4.30. The number of hydrogen-bond donors (Lipinski definition) is 2. The van der Waals surface area contributed by atoms with Crippen molar-refractivity contribution in [1.29, 1.82) is 0 Å². The number of rotatable bonds is 3. The number of amides is 3. The van der Waals surface area contributed by atoms with Crippen LogP contribution in [0.2, 0.25) is 0 Å². The largest absolute Gasteiger partial charge is 0.325 e. The highest BCUT2D eigenvalue weighted by molar-refractivity contribution is 6.19. The number of nitrogens with one attached hydrogen (secondary N) is 2. The van der Waals surface area contributed by atoms with E-state index in [1.54, 1.807) is 6.07 Å². The summed E-state index contributed by atoms with van der Waals surface area (Å²) in [6.07, 6.45) is 1.64. The number of anilines is 1. The van der Waals surface area contributed by atoms with Gasteiger partial charge in [-0.25, -0.2) is 4.79 Å². The van der Waals surface area contributed by atoms with Crippen molar-refractivity contribution in [2.45, 2.75) is 6.42 Å². The molecule has 0 radical (unpaired) electrons. The van der Waals surface area contributed by atoms with Gasteiger partial charge in [-0.3, -0.25) is 15.1 Å². The first-order valence-electron chi connectivity index (χ1n) is 5.70. The molecule has 0 fully saturated rings. The van der Waals surface area contributed by atoms with Gasteiger partial charge in [0.15, 0.2) is 0 Å². The Morgan fingerprint density at radius 2 is 2.05 bits per heavy atom. The SMILES string of the molecule is O=C(CCCl)NC(=O)Nc1cnc2ccccc2c1. The van der Waals surface area contributed by atoms with Crippen LogP contribution in [0.5, 0.6) is 0 Å². The lowest BCUT2D eigenvalue weighted by Gasteiger charge is -2.06. The molecule has 0 aliphatic rings. The molecule has 2 rings (SSSR count). The van der Waals surface area contributed by atoms with Crippen molar-refractivity contribution in [3.8, 4) is 0 Å². The molecule has 2 N–H and O–H groups in total. The molecule has 0 bridgehead atoms. The molecule has 5 nitrogen and oxygen atoms in total. The van der Waals surface area contributed by atoms with E-state index in [-0.39, 0.29) is 12.3 Å². The van der Waals surface area contributed by atoms with Crippen LogP contribution in [-0.2, 0) is 4.79 Å². The maximum atomic E-state index is 11.5. The Hall–Kier alpha value is -2.14. The fraction of sp³-hybridized carbons (Fsp3) is 0.154. The van der Waals surface area contributed by atoms with Crippen molar-refractivity contribution in [3.05, 3.63) is 36.5 Å². The van der Waals surface area contributed by atoms with Crippen LogP contribution in [0.3, 0.4) is 0 Å². The number of imide groups is 1. The summed E-state index contributed by atoms with van der Waals surface area (Å²) in [5.41, 5.74) is 1.36. The Morgan fingerprint density at radius 3 is 2.84 bits per heavy atom. The van der Waals surface area contributed by atoms with Crippen LogP contribution < -0.4 is 10.6 Å². The van der Waals surface area contributed by atoms with Gasteiger partial charge in [-0.15, -0.1) is 11.6 Å². The number of benzene rings is 1. The predicted octanol–water partition coefficient (Wildman–Crippen LogP) is 2.51. The van der Waals surface area contributed by atoms with Gasteiger partial charge in [0.2, 0.25) is 5.91 Å². The highest BCUT2D eigenvalue weighted by Gasteiger charge is 2.07. The van der Waals surface area contributed by atoms with Crippen LogP contribution in [0.1, 0.15) is 6.42 Å². The molecule has 98 valence electrons. The first kappa shape index (κ1) is 13.3. The molecule has 3 amide bonds. The number of urea groups is 1. The van der Waals surface area contributed by atoms with Gasteiger partial charge in [0.1, 0.15) is 0 Å². The molecule has 0 saturated carbocycles. The predicted molar refractivity (Wildman–Crippen MR) is 74.2 cm³/mol. The van der Waals surface area contributed by atoms with Gasteiger partial charge < -0.3 is 5.32 Å². The molecule has 0 aliphatic carbocycles. The van der Waals surface area contributed by atoms with E-state index in [4.69, 9.17) is 11.6 Å². The van der Waals surface area contributed by atoms with Gasteiger partial charge in [-0.05, 0) is 12.1 Å². The second kappa shape index (κ2) is 6.15. The van der Waals surface area contributed by atoms with Crippen LogP contribution in [0.25, 0.3) is 10.9 Å². The van der Waals surface area contributed by atoms with Gasteiger partial charge in [-0.2, -0.15) is 0 Å². The number of alkyl halides is 1. The molecule has 1 aromatic carbocycles. The molecule has 0 aliphatic heterocycles. The summed E-state index contributed by atoms with van der Waals surface area (Å²) in [7, 11) is 0. The van der Waals surface area contributed by atoms with E-state index in [1.165, 1.54) is 6.20 Å². The summed E-state index contributed by atoms with van der Waals surface area (Å²) >= 11 is 5.40. The van der Waals surface area contributed by atoms with Gasteiger partial charge in [0, 0.05) is 17.7 Å². The zero-order valence-corrected chi connectivity index (χ0v) is 10.8. The lowest BCUT2D eigenvalue weighted by molar-refractivity contribution is -0.119. The summed E-state index contributed by atoms with van der Waals surface area (Å²) in [6, 6.07) is 8.74. The molecular formula is C13H12ClN3O2. The van der Waals surface area contributed by atoms with E-state index in [2.05, 4.69) is 15.6 Å². The van der Waals surface area contributed by atoms with Crippen LogP contribution in [0.15, 0.2) is 36.5 Å². The number of nitrogens with zero attached hydrogens (tertiary/aromatic N) is 1. The third kappa shape index (κ3) is 3.66. The van der Waals surface area contributed by atoms with E-state index >= 15 is 0 Å². The Labute approximate surface area is 115 Å². The summed E-state index contributed by atoms with van der Waals surface area (Å²) < 4.78 is 0. The minimum absolute atomic E-state index is 0.102. The van der Waals surface area contributed by atoms with Crippen molar-refractivity contribution >= 4 is 40.1 Å². The van der Waals surface area contributed by atoms with Gasteiger partial charge in [0.05, 0.1) is 17.4 Å². The topological polar surface area (TPSA) is 71.1 Å². The summed E-state index contributed by atoms with van der Waals surface area (Å²) in [5.74, 6) is -0.238. The molecule has 0 unspecified atom stereocenters. The molecule has 6 heteroatoms. The van der Waals surface area contributed by atoms with Crippen LogP contribution >= 0.6 is 11.6 Å². The normalized spacial score (nSPS) is 10.2. The molecule has 1 aromatic heterocycles. The Morgan fingerprint density at radius 1 is 1.26 bits per heavy atom. The summed E-state index contributed by atoms with van der Waals surface area (Å²) in [6.45, 7) is 0. The van der Waals surface area contributed by atoms with E-state index in [9.17, 15) is 9.59 Å². The van der Waals surface area contributed by atoms with Gasteiger partial charge in [-0.1, -0.05) is 18.2 Å². The first-order valence-corrected chi connectivity index (χ1v) is 6.24. The van der Waals surface area contributed by atoms with Crippen LogP contribution in [0.4, 0.5) is 10.5 Å². The number of pyridine rings is 1. The zero-order chi connectivity index (χ0) is 13.7. The maximum Gasteiger partial charge on any atom is 0.325 e. The minimum atomic E-state index is -0.591. The van der Waals surface area contributed by atoms with Crippen LogP contribution in [-0.4, -0.2) is 22.8 Å². The molecular weight excluding hydrogens is 266 g/mol. The van der Waals surface area contributed by atoms with Crippen LogP contribution in [0, 0.1) is 0 Å². The number of carbonyl (C=O) groups is 2. The van der Waals surface area contributed by atoms with Gasteiger partial charge in [0.25, 0.3) is 0 Å². The minimum Gasteiger partial charge on any atom is -0.306 e. The van der Waals surface area contributed by atoms with E-state index in [1.807, 2.05) is 24.3 Å². The first-order chi connectivity index (χ1) is 9.19. The number of halogens is 1. The molecule has 0 atom stereocenters. The van der Waals surface area contributed by atoms with Crippen molar-refractivity contribution in [1.82, 2.24) is 10.3 Å². The third-order valence-electron chi connectivity index (χ3n) is 2.42. The molecule has 19 heavy (non-hydrogen) atoms. The smallest absolute Gasteiger partial charge is 0.306 e. The second-order valence-corrected chi connectivity index (χ2v) is 4.24. The molecule has 1 heterocycles. The molecule has 0 spiro atoms. The van der Waals surface area contributed by atoms with Crippen molar-refractivity contribution in [3.63, 3.8) is 0 Å². The Balaban J connectivity index is 2.04. The average Bonchev–Trinajstić information content (AvgIpc) is 2.38. The molecule has 0 saturated heterocycles. The van der Waals surface area contributed by atoms with Gasteiger partial charge >= 0.3 is 6.03 Å². The van der Waals surface area contributed by atoms with Crippen molar-refractivity contribution in [2.24, 2.45) is 0 Å². The van der Waals surface area contributed by atoms with Crippen molar-refractivity contribution in [2.75, 3.05) is 11.2 Å². The second-order valence-electron chi connectivity index (χ2n) is 3.86. The fourth-order valence-electron chi connectivity index (χ4n) is 1.58. The van der Waals surface area contributed by atoms with Crippen molar-refractivity contribution < 1.29 is 9.59 Å². The zero-order valence-electron chi connectivity index (χ0n) is 10.0. The standard InChI is InChI=1S/C13H12ClN3O2/c14-6-5-12(18)17-13(19)16-10-7-9-3-1-2-4-11(9)15-8-10/h1-4,7-8H,5-6H2,(H2,16,17,18,19). The number of aromatic nitrogens is 1. The number of hydrogen-bond acceptors (Lipinski definition) is 3. The highest BCUT2D eigenvalue weighted by atomic mass is 35.5. The molecule has 2 aromatic rings. The lowest BCUT2D eigenvalue weighted by Crippen LogP contribution is -2.34. The van der Waals surface area contributed by atoms with E-state index < -0.39 is 11.9 Å². The van der Waals surface area contributed by atoms with E-state index in [0.29, 0.717) is 5.69 Å². The summed E-state index contributed by atoms with van der Waals surface area (Å²) in [4.78, 5) is 26.9. The monoisotopic (exact) mass is 277 g/mol. The fourth-order valence-corrected chi connectivity index (χ4v) is 1.75. The van der Waals surface area contributed by atoms with E-state index in [0.717, 1.165) is 10.9 Å². The number of fused-ring (bicyclic) bond motifs is 1. The highest BCUT2D eigenvalue weighted by Crippen LogP contribution is 2.15. The quantitative estimate of drug-likeness (QED) is 0.847. The third-order valence-corrected chi connectivity index (χ3v) is 2.61. The lowest BCUT2D eigenvalue weighted by atomic mass is 10.2. The number of carbonyl (C=O) groups excluding carboxylic acids is 2. The number of para-hydroxylation sites is 1. The summed E-state index contributed by atoms with van der Waals surface area (Å²) in [5, 5.41) is 5.63. The Bertz CT molecular complexity index is 616. The maximum absolute atomic E-state index is 11.5.